The van der Waals surface area contributed by atoms with Crippen LogP contribution in [-0.4, -0.2) is 6.04 Å². The largest absolute Gasteiger partial charge is 0.327 e. The fourth-order valence-corrected chi connectivity index (χ4v) is 0.929. The van der Waals surface area contributed by atoms with Gasteiger partial charge in [-0.25, -0.2) is 0 Å². The molecule has 0 radical (unpaired) electrons. The quantitative estimate of drug-likeness (QED) is 0.620. The summed E-state index contributed by atoms with van der Waals surface area (Å²) in [6.07, 6.45) is 1.19. The second kappa shape index (κ2) is 3.89. The molecule has 0 aromatic rings. The number of hydrogen-bond acceptors (Lipinski definition) is 1. The summed E-state index contributed by atoms with van der Waals surface area (Å²) in [5, 5.41) is 0. The van der Waals surface area contributed by atoms with Crippen LogP contribution in [0.25, 0.3) is 0 Å². The highest BCUT2D eigenvalue weighted by Crippen LogP contribution is 2.12. The lowest BCUT2D eigenvalue weighted by molar-refractivity contribution is 0.356. The lowest BCUT2D eigenvalue weighted by Gasteiger charge is -2.21. The van der Waals surface area contributed by atoms with Crippen LogP contribution in [0.3, 0.4) is 0 Å². The van der Waals surface area contributed by atoms with E-state index in [1.807, 2.05) is 0 Å². The van der Waals surface area contributed by atoms with Crippen LogP contribution in [0.1, 0.15) is 34.1 Å². The minimum absolute atomic E-state index is 0.384. The van der Waals surface area contributed by atoms with E-state index in [9.17, 15) is 0 Å². The van der Waals surface area contributed by atoms with Crippen LogP contribution in [0.15, 0.2) is 0 Å². The molecular weight excluding hydrogens is 110 g/mol. The van der Waals surface area contributed by atoms with Gasteiger partial charge in [-0.15, -0.1) is 0 Å². The highest BCUT2D eigenvalue weighted by Gasteiger charge is 2.13. The molecule has 0 saturated carbocycles. The van der Waals surface area contributed by atoms with Crippen LogP contribution in [0.2, 0.25) is 0 Å². The Bertz CT molecular complexity index is 69.0. The van der Waals surface area contributed by atoms with E-state index >= 15 is 0 Å². The number of rotatable bonds is 3. The maximum absolute atomic E-state index is 5.87. The molecule has 2 N–H and O–H groups in total. The molecule has 1 nitrogen and oxygen atoms in total. The first kappa shape index (κ1) is 8.96. The van der Waals surface area contributed by atoms with Gasteiger partial charge in [0.1, 0.15) is 0 Å². The van der Waals surface area contributed by atoms with E-state index < -0.39 is 0 Å². The van der Waals surface area contributed by atoms with Crippen molar-refractivity contribution in [2.45, 2.75) is 40.2 Å². The Morgan fingerprint density at radius 2 is 1.67 bits per heavy atom. The number of hydrogen-bond donors (Lipinski definition) is 1. The van der Waals surface area contributed by atoms with Crippen molar-refractivity contribution in [2.24, 2.45) is 17.6 Å². The van der Waals surface area contributed by atoms with E-state index in [1.165, 1.54) is 6.42 Å². The molecule has 0 aromatic carbocycles. The molecule has 0 bridgehead atoms. The Balaban J connectivity index is 3.58. The second-order valence-electron chi connectivity index (χ2n) is 3.21. The third-order valence-corrected chi connectivity index (χ3v) is 2.07. The van der Waals surface area contributed by atoms with Crippen molar-refractivity contribution in [1.82, 2.24) is 0 Å². The molecule has 2 atom stereocenters. The maximum Gasteiger partial charge on any atom is 0.00876 e. The summed E-state index contributed by atoms with van der Waals surface area (Å²) < 4.78 is 0. The average molecular weight is 129 g/mol. The summed E-state index contributed by atoms with van der Waals surface area (Å²) in [5.74, 6) is 1.30. The van der Waals surface area contributed by atoms with Crippen molar-refractivity contribution in [1.29, 1.82) is 0 Å². The Morgan fingerprint density at radius 3 is 1.78 bits per heavy atom. The van der Waals surface area contributed by atoms with Crippen molar-refractivity contribution >= 4 is 0 Å². The number of nitrogens with two attached hydrogens (primary N) is 1. The Labute approximate surface area is 58.6 Å². The molecule has 0 aliphatic carbocycles. The first-order valence-electron chi connectivity index (χ1n) is 3.85. The Hall–Kier alpha value is -0.0400. The molecule has 0 heterocycles. The van der Waals surface area contributed by atoms with E-state index in [0.717, 1.165) is 0 Å². The maximum atomic E-state index is 5.87. The van der Waals surface area contributed by atoms with E-state index in [0.29, 0.717) is 17.9 Å². The first-order chi connectivity index (χ1) is 4.09. The predicted molar refractivity (Wildman–Crippen MR) is 42.3 cm³/mol. The van der Waals surface area contributed by atoms with Crippen LogP contribution in [0.4, 0.5) is 0 Å². The fraction of sp³-hybridized carbons (Fsp3) is 1.00. The second-order valence-corrected chi connectivity index (χ2v) is 3.21. The van der Waals surface area contributed by atoms with Crippen molar-refractivity contribution in [3.05, 3.63) is 0 Å². The smallest absolute Gasteiger partial charge is 0.00876 e. The van der Waals surface area contributed by atoms with Gasteiger partial charge < -0.3 is 5.73 Å². The van der Waals surface area contributed by atoms with Gasteiger partial charge in [0.05, 0.1) is 0 Å². The molecule has 0 amide bonds. The molecule has 1 heteroatoms. The topological polar surface area (TPSA) is 26.0 Å². The average Bonchev–Trinajstić information content (AvgIpc) is 1.84. The SMILES string of the molecule is CCC(C)[C@@H](N)C(C)C. The summed E-state index contributed by atoms with van der Waals surface area (Å²) >= 11 is 0. The molecule has 1 unspecified atom stereocenters. The van der Waals surface area contributed by atoms with Crippen LogP contribution >= 0.6 is 0 Å². The van der Waals surface area contributed by atoms with Gasteiger partial charge in [0.15, 0.2) is 0 Å². The molecule has 0 fully saturated rings. The van der Waals surface area contributed by atoms with Gasteiger partial charge in [-0.3, -0.25) is 0 Å². The minimum atomic E-state index is 0.384. The van der Waals surface area contributed by atoms with Crippen LogP contribution in [0.5, 0.6) is 0 Å². The highest BCUT2D eigenvalue weighted by molar-refractivity contribution is 4.70. The highest BCUT2D eigenvalue weighted by atomic mass is 14.7. The summed E-state index contributed by atoms with van der Waals surface area (Å²) in [6.45, 7) is 8.76. The molecular formula is C8H19N. The van der Waals surface area contributed by atoms with E-state index in [2.05, 4.69) is 27.7 Å². The third kappa shape index (κ3) is 2.85. The standard InChI is InChI=1S/C8H19N/c1-5-7(4)8(9)6(2)3/h6-8H,5,9H2,1-4H3/t7?,8-/m0/s1. The molecule has 0 rings (SSSR count). The molecule has 9 heavy (non-hydrogen) atoms. The monoisotopic (exact) mass is 129 g/mol. The summed E-state index contributed by atoms with van der Waals surface area (Å²) in [7, 11) is 0. The summed E-state index contributed by atoms with van der Waals surface area (Å²) in [6, 6.07) is 0.384. The van der Waals surface area contributed by atoms with Gasteiger partial charge in [-0.2, -0.15) is 0 Å². The van der Waals surface area contributed by atoms with Gasteiger partial charge >= 0.3 is 0 Å². The Kier molecular flexibility index (Phi) is 3.87. The molecule has 0 aromatic heterocycles. The van der Waals surface area contributed by atoms with Crippen molar-refractivity contribution in [2.75, 3.05) is 0 Å². The lowest BCUT2D eigenvalue weighted by atomic mass is 9.91. The van der Waals surface area contributed by atoms with E-state index in [1.54, 1.807) is 0 Å². The molecule has 56 valence electrons. The van der Waals surface area contributed by atoms with Crippen LogP contribution in [-0.2, 0) is 0 Å². The minimum Gasteiger partial charge on any atom is -0.327 e. The van der Waals surface area contributed by atoms with Gasteiger partial charge in [-0.1, -0.05) is 34.1 Å². The van der Waals surface area contributed by atoms with Gasteiger partial charge in [-0.05, 0) is 11.8 Å². The zero-order chi connectivity index (χ0) is 7.44. The van der Waals surface area contributed by atoms with Gasteiger partial charge in [0.2, 0.25) is 0 Å². The molecule has 0 spiro atoms. The van der Waals surface area contributed by atoms with E-state index in [-0.39, 0.29) is 0 Å². The van der Waals surface area contributed by atoms with Gasteiger partial charge in [0.25, 0.3) is 0 Å². The zero-order valence-corrected chi connectivity index (χ0v) is 7.02. The fourth-order valence-electron chi connectivity index (χ4n) is 0.929. The molecule has 0 aliphatic rings. The van der Waals surface area contributed by atoms with Crippen molar-refractivity contribution < 1.29 is 0 Å². The molecule has 0 aliphatic heterocycles. The third-order valence-electron chi connectivity index (χ3n) is 2.07. The van der Waals surface area contributed by atoms with Crippen LogP contribution in [0, 0.1) is 11.8 Å². The summed E-state index contributed by atoms with van der Waals surface area (Å²) in [4.78, 5) is 0. The van der Waals surface area contributed by atoms with Gasteiger partial charge in [0, 0.05) is 6.04 Å². The zero-order valence-electron chi connectivity index (χ0n) is 7.02. The first-order valence-corrected chi connectivity index (χ1v) is 3.85. The predicted octanol–water partition coefficient (Wildman–Crippen LogP) is 2.02. The normalized spacial score (nSPS) is 18.0. The Morgan fingerprint density at radius 1 is 1.22 bits per heavy atom. The van der Waals surface area contributed by atoms with Crippen LogP contribution < -0.4 is 5.73 Å². The molecule has 0 saturated heterocycles. The summed E-state index contributed by atoms with van der Waals surface area (Å²) in [5.41, 5.74) is 5.87. The van der Waals surface area contributed by atoms with Crippen molar-refractivity contribution in [3.63, 3.8) is 0 Å². The lowest BCUT2D eigenvalue weighted by Crippen LogP contribution is -2.32. The van der Waals surface area contributed by atoms with E-state index in [4.69, 9.17) is 5.73 Å². The van der Waals surface area contributed by atoms with Crippen molar-refractivity contribution in [3.8, 4) is 0 Å².